The van der Waals surface area contributed by atoms with Crippen LogP contribution in [0.5, 0.6) is 11.5 Å². The van der Waals surface area contributed by atoms with Crippen LogP contribution >= 0.6 is 0 Å². The average Bonchev–Trinajstić information content (AvgIpc) is 2.44. The van der Waals surface area contributed by atoms with Crippen molar-refractivity contribution in [3.8, 4) is 11.5 Å². The van der Waals surface area contributed by atoms with Crippen LogP contribution in [0, 0.1) is 6.92 Å². The number of nitrogens with one attached hydrogen (secondary N) is 1. The van der Waals surface area contributed by atoms with E-state index in [2.05, 4.69) is 10.3 Å². The van der Waals surface area contributed by atoms with Crippen LogP contribution in [0.3, 0.4) is 0 Å². The predicted molar refractivity (Wildman–Crippen MR) is 77.9 cm³/mol. The van der Waals surface area contributed by atoms with Crippen molar-refractivity contribution in [1.82, 2.24) is 10.3 Å². The second kappa shape index (κ2) is 6.06. The monoisotopic (exact) mass is 271 g/mol. The predicted octanol–water partition coefficient (Wildman–Crippen LogP) is 2.51. The molecule has 0 atom stereocenters. The molecule has 1 aromatic heterocycles. The highest BCUT2D eigenvalue weighted by atomic mass is 16.5. The van der Waals surface area contributed by atoms with Gasteiger partial charge < -0.3 is 15.8 Å². The topological polar surface area (TPSA) is 77.2 Å². The number of amides is 1. The minimum Gasteiger partial charge on any atom is -0.453 e. The van der Waals surface area contributed by atoms with Gasteiger partial charge in [0.05, 0.1) is 11.4 Å². The standard InChI is InChI=1S/C15H17N3O2/c1-3-17-15(19)11-6-7-12(16)14(9-11)20-13-5-4-8-18-10(13)2/h4-9H,3,16H2,1-2H3,(H,17,19). The summed E-state index contributed by atoms with van der Waals surface area (Å²) < 4.78 is 5.74. The fourth-order valence-corrected chi connectivity index (χ4v) is 1.72. The third-order valence-corrected chi connectivity index (χ3v) is 2.79. The number of rotatable bonds is 4. The van der Waals surface area contributed by atoms with E-state index in [9.17, 15) is 4.79 Å². The summed E-state index contributed by atoms with van der Waals surface area (Å²) in [5.74, 6) is 0.914. The number of nitrogens with zero attached hydrogens (tertiary/aromatic N) is 1. The van der Waals surface area contributed by atoms with E-state index in [0.29, 0.717) is 29.3 Å². The first kappa shape index (κ1) is 13.9. The van der Waals surface area contributed by atoms with Crippen LogP contribution in [-0.2, 0) is 0 Å². The average molecular weight is 271 g/mol. The lowest BCUT2D eigenvalue weighted by molar-refractivity contribution is 0.0955. The van der Waals surface area contributed by atoms with Gasteiger partial charge in [-0.25, -0.2) is 0 Å². The van der Waals surface area contributed by atoms with E-state index in [-0.39, 0.29) is 5.91 Å². The van der Waals surface area contributed by atoms with Crippen LogP contribution in [0.1, 0.15) is 23.0 Å². The van der Waals surface area contributed by atoms with Crippen LogP contribution in [0.15, 0.2) is 36.5 Å². The third kappa shape index (κ3) is 3.06. The lowest BCUT2D eigenvalue weighted by Crippen LogP contribution is -2.22. The molecule has 3 N–H and O–H groups in total. The second-order valence-electron chi connectivity index (χ2n) is 4.30. The summed E-state index contributed by atoms with van der Waals surface area (Å²) in [7, 11) is 0. The molecule has 1 heterocycles. The summed E-state index contributed by atoms with van der Waals surface area (Å²) in [6.45, 7) is 4.28. The van der Waals surface area contributed by atoms with Gasteiger partial charge in [0.15, 0.2) is 5.75 Å². The lowest BCUT2D eigenvalue weighted by Gasteiger charge is -2.11. The molecule has 1 aromatic carbocycles. The molecule has 1 amide bonds. The quantitative estimate of drug-likeness (QED) is 0.838. The molecule has 2 rings (SSSR count). The maximum Gasteiger partial charge on any atom is 0.251 e. The Morgan fingerprint density at radius 1 is 1.35 bits per heavy atom. The largest absolute Gasteiger partial charge is 0.453 e. The molecule has 0 saturated heterocycles. The maximum absolute atomic E-state index is 11.8. The number of aromatic nitrogens is 1. The normalized spacial score (nSPS) is 10.1. The minimum atomic E-state index is -0.153. The van der Waals surface area contributed by atoms with Crippen molar-refractivity contribution in [3.63, 3.8) is 0 Å². The van der Waals surface area contributed by atoms with Gasteiger partial charge >= 0.3 is 0 Å². The number of ether oxygens (including phenoxy) is 1. The zero-order valence-corrected chi connectivity index (χ0v) is 11.5. The van der Waals surface area contributed by atoms with Crippen molar-refractivity contribution in [2.45, 2.75) is 13.8 Å². The van der Waals surface area contributed by atoms with Crippen LogP contribution < -0.4 is 15.8 Å². The Kier molecular flexibility index (Phi) is 4.20. The first-order chi connectivity index (χ1) is 9.61. The summed E-state index contributed by atoms with van der Waals surface area (Å²) >= 11 is 0. The van der Waals surface area contributed by atoms with E-state index in [1.165, 1.54) is 0 Å². The molecular weight excluding hydrogens is 254 g/mol. The summed E-state index contributed by atoms with van der Waals surface area (Å²) in [5.41, 5.74) is 7.63. The van der Waals surface area contributed by atoms with Crippen molar-refractivity contribution < 1.29 is 9.53 Å². The Morgan fingerprint density at radius 2 is 2.15 bits per heavy atom. The number of hydrogen-bond acceptors (Lipinski definition) is 4. The first-order valence-electron chi connectivity index (χ1n) is 6.39. The van der Waals surface area contributed by atoms with E-state index >= 15 is 0 Å². The van der Waals surface area contributed by atoms with E-state index in [0.717, 1.165) is 5.69 Å². The molecular formula is C15H17N3O2. The number of benzene rings is 1. The lowest BCUT2D eigenvalue weighted by atomic mass is 10.1. The zero-order valence-electron chi connectivity index (χ0n) is 11.5. The fraction of sp³-hybridized carbons (Fsp3) is 0.200. The van der Waals surface area contributed by atoms with Crippen molar-refractivity contribution in [2.24, 2.45) is 0 Å². The molecule has 5 nitrogen and oxygen atoms in total. The molecule has 0 unspecified atom stereocenters. The summed E-state index contributed by atoms with van der Waals surface area (Å²) in [6.07, 6.45) is 1.69. The van der Waals surface area contributed by atoms with Crippen LogP contribution in [0.25, 0.3) is 0 Å². The van der Waals surface area contributed by atoms with Crippen molar-refractivity contribution in [1.29, 1.82) is 0 Å². The Morgan fingerprint density at radius 3 is 2.85 bits per heavy atom. The number of pyridine rings is 1. The highest BCUT2D eigenvalue weighted by Gasteiger charge is 2.10. The van der Waals surface area contributed by atoms with E-state index in [1.54, 1.807) is 36.5 Å². The molecule has 5 heteroatoms. The summed E-state index contributed by atoms with van der Waals surface area (Å²) in [4.78, 5) is 16.0. The van der Waals surface area contributed by atoms with Gasteiger partial charge in [-0.1, -0.05) is 0 Å². The molecule has 0 radical (unpaired) electrons. The number of carbonyl (C=O) groups excluding carboxylic acids is 1. The fourth-order valence-electron chi connectivity index (χ4n) is 1.72. The van der Waals surface area contributed by atoms with Crippen molar-refractivity contribution in [2.75, 3.05) is 12.3 Å². The summed E-state index contributed by atoms with van der Waals surface area (Å²) in [6, 6.07) is 8.55. The third-order valence-electron chi connectivity index (χ3n) is 2.79. The maximum atomic E-state index is 11.8. The van der Waals surface area contributed by atoms with Gasteiger partial charge in [-0.15, -0.1) is 0 Å². The van der Waals surface area contributed by atoms with Gasteiger partial charge in [-0.2, -0.15) is 0 Å². The van der Waals surface area contributed by atoms with E-state index in [4.69, 9.17) is 10.5 Å². The SMILES string of the molecule is CCNC(=O)c1ccc(N)c(Oc2cccnc2C)c1. The summed E-state index contributed by atoms with van der Waals surface area (Å²) in [5, 5.41) is 2.74. The molecule has 0 saturated carbocycles. The van der Waals surface area contributed by atoms with E-state index in [1.807, 2.05) is 13.8 Å². The molecule has 2 aromatic rings. The molecule has 20 heavy (non-hydrogen) atoms. The van der Waals surface area contributed by atoms with Crippen molar-refractivity contribution >= 4 is 11.6 Å². The molecule has 0 aliphatic heterocycles. The van der Waals surface area contributed by atoms with E-state index < -0.39 is 0 Å². The van der Waals surface area contributed by atoms with Gasteiger partial charge in [-0.05, 0) is 44.2 Å². The number of nitrogen functional groups attached to an aromatic ring is 1. The first-order valence-corrected chi connectivity index (χ1v) is 6.39. The van der Waals surface area contributed by atoms with Gasteiger partial charge in [0.25, 0.3) is 5.91 Å². The van der Waals surface area contributed by atoms with Crippen molar-refractivity contribution in [3.05, 3.63) is 47.8 Å². The zero-order chi connectivity index (χ0) is 14.5. The molecule has 104 valence electrons. The van der Waals surface area contributed by atoms with Crippen LogP contribution in [0.4, 0.5) is 5.69 Å². The highest BCUT2D eigenvalue weighted by molar-refractivity contribution is 5.95. The van der Waals surface area contributed by atoms with Crippen LogP contribution in [-0.4, -0.2) is 17.4 Å². The Labute approximate surface area is 117 Å². The van der Waals surface area contributed by atoms with Gasteiger partial charge in [0.1, 0.15) is 5.75 Å². The Hall–Kier alpha value is -2.56. The number of anilines is 1. The van der Waals surface area contributed by atoms with Gasteiger partial charge in [0, 0.05) is 18.3 Å². The second-order valence-corrected chi connectivity index (χ2v) is 4.30. The Balaban J connectivity index is 2.30. The smallest absolute Gasteiger partial charge is 0.251 e. The Bertz CT molecular complexity index is 626. The van der Waals surface area contributed by atoms with Gasteiger partial charge in [-0.3, -0.25) is 9.78 Å². The molecule has 0 spiro atoms. The highest BCUT2D eigenvalue weighted by Crippen LogP contribution is 2.29. The minimum absolute atomic E-state index is 0.153. The molecule has 0 aliphatic carbocycles. The number of hydrogen-bond donors (Lipinski definition) is 2. The molecule has 0 fully saturated rings. The van der Waals surface area contributed by atoms with Crippen LogP contribution in [0.2, 0.25) is 0 Å². The van der Waals surface area contributed by atoms with Gasteiger partial charge in [0.2, 0.25) is 0 Å². The molecule has 0 bridgehead atoms. The molecule has 0 aliphatic rings. The number of aryl methyl sites for hydroxylation is 1. The number of carbonyl (C=O) groups is 1. The number of nitrogens with two attached hydrogens (primary N) is 1.